The van der Waals surface area contributed by atoms with Gasteiger partial charge in [0, 0.05) is 32.4 Å². The molecule has 2 aromatic rings. The third-order valence-electron chi connectivity index (χ3n) is 3.82. The second-order valence-electron chi connectivity index (χ2n) is 5.22. The summed E-state index contributed by atoms with van der Waals surface area (Å²) in [7, 11) is 0. The molecule has 0 saturated heterocycles. The van der Waals surface area contributed by atoms with E-state index < -0.39 is 0 Å². The van der Waals surface area contributed by atoms with Gasteiger partial charge in [0.2, 0.25) is 0 Å². The molecule has 0 fully saturated rings. The average Bonchev–Trinajstić information content (AvgIpc) is 2.52. The van der Waals surface area contributed by atoms with Crippen molar-refractivity contribution in [3.63, 3.8) is 0 Å². The highest BCUT2D eigenvalue weighted by atomic mass is 32.2. The highest BCUT2D eigenvalue weighted by molar-refractivity contribution is 8.00. The first-order chi connectivity index (χ1) is 10.1. The summed E-state index contributed by atoms with van der Waals surface area (Å²) >= 11 is 1.67. The number of fused-ring (bicyclic) bond motifs is 2. The van der Waals surface area contributed by atoms with Crippen molar-refractivity contribution >= 4 is 23.3 Å². The van der Waals surface area contributed by atoms with Crippen LogP contribution in [0.4, 0.5) is 0 Å². The number of hydrogen-bond acceptors (Lipinski definition) is 3. The van der Waals surface area contributed by atoms with Gasteiger partial charge in [0.05, 0.1) is 0 Å². The number of rotatable bonds is 3. The van der Waals surface area contributed by atoms with E-state index in [1.165, 1.54) is 0 Å². The van der Waals surface area contributed by atoms with Gasteiger partial charge in [-0.1, -0.05) is 50.2 Å². The predicted molar refractivity (Wildman–Crippen MR) is 85.4 cm³/mol. The molecule has 1 aliphatic rings. The van der Waals surface area contributed by atoms with E-state index in [2.05, 4.69) is 13.8 Å². The van der Waals surface area contributed by atoms with Crippen LogP contribution in [0, 0.1) is 0 Å². The number of carbonyl (C=O) groups is 2. The zero-order chi connectivity index (χ0) is 15.0. The Morgan fingerprint density at radius 2 is 1.52 bits per heavy atom. The van der Waals surface area contributed by atoms with E-state index in [0.29, 0.717) is 27.5 Å². The maximum absolute atomic E-state index is 12.8. The molecule has 0 amide bonds. The predicted octanol–water partition coefficient (Wildman–Crippen LogP) is 4.35. The standard InChI is InChI=1S/C18H16O2S/c1-3-11(2)21-15-10-6-9-14-16(15)18(20)13-8-5-4-7-12(13)17(14)19/h4-11H,3H2,1-2H3. The molecule has 0 aromatic heterocycles. The molecule has 0 N–H and O–H groups in total. The van der Waals surface area contributed by atoms with Crippen LogP contribution in [0.25, 0.3) is 0 Å². The summed E-state index contributed by atoms with van der Waals surface area (Å²) in [5.41, 5.74) is 2.14. The van der Waals surface area contributed by atoms with Crippen LogP contribution in [0.1, 0.15) is 52.1 Å². The number of hydrogen-bond donors (Lipinski definition) is 0. The summed E-state index contributed by atoms with van der Waals surface area (Å²) in [5, 5.41) is 0.413. The van der Waals surface area contributed by atoms with E-state index in [1.807, 2.05) is 12.1 Å². The molecule has 0 heterocycles. The normalized spacial score (nSPS) is 14.6. The first kappa shape index (κ1) is 14.1. The lowest BCUT2D eigenvalue weighted by Crippen LogP contribution is -2.21. The molecule has 3 heteroatoms. The van der Waals surface area contributed by atoms with Crippen LogP contribution in [0.15, 0.2) is 47.4 Å². The molecule has 21 heavy (non-hydrogen) atoms. The number of carbonyl (C=O) groups excluding carboxylic acids is 2. The van der Waals surface area contributed by atoms with Gasteiger partial charge in [-0.25, -0.2) is 0 Å². The third-order valence-corrected chi connectivity index (χ3v) is 5.15. The summed E-state index contributed by atoms with van der Waals surface area (Å²) < 4.78 is 0. The van der Waals surface area contributed by atoms with Crippen molar-refractivity contribution in [1.82, 2.24) is 0 Å². The lowest BCUT2D eigenvalue weighted by molar-refractivity contribution is 0.0977. The SMILES string of the molecule is CCC(C)Sc1cccc2c1C(=O)c1ccccc1C2=O. The Morgan fingerprint density at radius 3 is 2.19 bits per heavy atom. The van der Waals surface area contributed by atoms with E-state index >= 15 is 0 Å². The van der Waals surface area contributed by atoms with E-state index in [-0.39, 0.29) is 11.6 Å². The highest BCUT2D eigenvalue weighted by Crippen LogP contribution is 2.36. The van der Waals surface area contributed by atoms with Crippen molar-refractivity contribution in [2.24, 2.45) is 0 Å². The molecule has 2 nitrogen and oxygen atoms in total. The maximum Gasteiger partial charge on any atom is 0.195 e. The van der Waals surface area contributed by atoms with Crippen molar-refractivity contribution in [2.75, 3.05) is 0 Å². The molecule has 0 spiro atoms. The summed E-state index contributed by atoms with van der Waals surface area (Å²) in [6, 6.07) is 12.6. The molecule has 1 unspecified atom stereocenters. The molecule has 1 atom stereocenters. The van der Waals surface area contributed by atoms with Crippen LogP contribution >= 0.6 is 11.8 Å². The Bertz CT molecular complexity index is 734. The van der Waals surface area contributed by atoms with Gasteiger partial charge in [-0.3, -0.25) is 9.59 Å². The van der Waals surface area contributed by atoms with Gasteiger partial charge in [0.1, 0.15) is 0 Å². The molecule has 0 radical (unpaired) electrons. The average molecular weight is 296 g/mol. The van der Waals surface area contributed by atoms with E-state index in [9.17, 15) is 9.59 Å². The summed E-state index contributed by atoms with van der Waals surface area (Å²) in [6.07, 6.45) is 1.02. The Labute approximate surface area is 128 Å². The molecule has 1 aliphatic carbocycles. The summed E-state index contributed by atoms with van der Waals surface area (Å²) in [5.74, 6) is -0.0848. The monoisotopic (exact) mass is 296 g/mol. The molecule has 106 valence electrons. The van der Waals surface area contributed by atoms with Crippen LogP contribution in [0.2, 0.25) is 0 Å². The Morgan fingerprint density at radius 1 is 0.905 bits per heavy atom. The highest BCUT2D eigenvalue weighted by Gasteiger charge is 2.31. The van der Waals surface area contributed by atoms with Gasteiger partial charge < -0.3 is 0 Å². The fourth-order valence-corrected chi connectivity index (χ4v) is 3.59. The molecular weight excluding hydrogens is 280 g/mol. The second-order valence-corrected chi connectivity index (χ2v) is 6.70. The van der Waals surface area contributed by atoms with Gasteiger partial charge >= 0.3 is 0 Å². The van der Waals surface area contributed by atoms with Crippen LogP contribution < -0.4 is 0 Å². The molecule has 0 aliphatic heterocycles. The minimum absolute atomic E-state index is 0.0356. The van der Waals surface area contributed by atoms with Crippen molar-refractivity contribution in [3.05, 3.63) is 64.7 Å². The maximum atomic E-state index is 12.8. The second kappa shape index (κ2) is 5.49. The Kier molecular flexibility index (Phi) is 3.68. The number of thioether (sulfide) groups is 1. The smallest absolute Gasteiger partial charge is 0.195 e. The van der Waals surface area contributed by atoms with Crippen molar-refractivity contribution in [1.29, 1.82) is 0 Å². The van der Waals surface area contributed by atoms with Crippen LogP contribution in [-0.4, -0.2) is 16.8 Å². The fourth-order valence-electron chi connectivity index (χ4n) is 2.51. The van der Waals surface area contributed by atoms with Crippen LogP contribution in [-0.2, 0) is 0 Å². The Hall–Kier alpha value is -1.87. The summed E-state index contributed by atoms with van der Waals surface area (Å²) in [4.78, 5) is 26.3. The molecule has 3 rings (SSSR count). The van der Waals surface area contributed by atoms with Crippen molar-refractivity contribution in [3.8, 4) is 0 Å². The largest absolute Gasteiger partial charge is 0.289 e. The van der Waals surface area contributed by atoms with Crippen LogP contribution in [0.5, 0.6) is 0 Å². The van der Waals surface area contributed by atoms with Gasteiger partial charge in [-0.15, -0.1) is 11.8 Å². The first-order valence-electron chi connectivity index (χ1n) is 7.11. The number of benzene rings is 2. The topological polar surface area (TPSA) is 34.1 Å². The Balaban J connectivity index is 2.16. The lowest BCUT2D eigenvalue weighted by Gasteiger charge is -2.20. The quantitative estimate of drug-likeness (QED) is 0.674. The number of ketones is 2. The van der Waals surface area contributed by atoms with E-state index in [1.54, 1.807) is 42.1 Å². The third kappa shape index (κ3) is 2.32. The van der Waals surface area contributed by atoms with E-state index in [4.69, 9.17) is 0 Å². The first-order valence-corrected chi connectivity index (χ1v) is 7.99. The molecule has 2 aromatic carbocycles. The summed E-state index contributed by atoms with van der Waals surface area (Å²) in [6.45, 7) is 4.25. The van der Waals surface area contributed by atoms with Crippen molar-refractivity contribution in [2.45, 2.75) is 30.4 Å². The van der Waals surface area contributed by atoms with Gasteiger partial charge in [-0.05, 0) is 12.5 Å². The van der Waals surface area contributed by atoms with Gasteiger partial charge in [0.15, 0.2) is 11.6 Å². The molecule has 0 bridgehead atoms. The van der Waals surface area contributed by atoms with Gasteiger partial charge in [-0.2, -0.15) is 0 Å². The molecule has 0 saturated carbocycles. The van der Waals surface area contributed by atoms with Crippen molar-refractivity contribution < 1.29 is 9.59 Å². The van der Waals surface area contributed by atoms with E-state index in [0.717, 1.165) is 11.3 Å². The zero-order valence-electron chi connectivity index (χ0n) is 12.1. The van der Waals surface area contributed by atoms with Gasteiger partial charge in [0.25, 0.3) is 0 Å². The lowest BCUT2D eigenvalue weighted by atomic mass is 9.84. The minimum Gasteiger partial charge on any atom is -0.289 e. The van der Waals surface area contributed by atoms with Crippen LogP contribution in [0.3, 0.4) is 0 Å². The molecular formula is C18H16O2S. The zero-order valence-corrected chi connectivity index (χ0v) is 12.9. The minimum atomic E-state index is -0.0493. The fraction of sp³-hybridized carbons (Fsp3) is 0.222.